The van der Waals surface area contributed by atoms with Gasteiger partial charge in [-0.05, 0) is 49.7 Å². The van der Waals surface area contributed by atoms with Crippen molar-refractivity contribution >= 4 is 27.3 Å². The van der Waals surface area contributed by atoms with Gasteiger partial charge < -0.3 is 10.4 Å². The lowest BCUT2D eigenvalue weighted by Gasteiger charge is -2.29. The number of halogens is 1. The second-order valence-electron chi connectivity index (χ2n) is 5.51. The quantitative estimate of drug-likeness (QED) is 0.895. The van der Waals surface area contributed by atoms with Gasteiger partial charge in [-0.25, -0.2) is 0 Å². The number of aliphatic hydroxyl groups is 1. The maximum atomic E-state index is 10.3. The third kappa shape index (κ3) is 5.43. The average molecular weight is 306 g/mol. The molecule has 0 bridgehead atoms. The molecule has 0 radical (unpaired) electrons. The molecule has 1 aromatic rings. The van der Waals surface area contributed by atoms with E-state index in [9.17, 15) is 5.11 Å². The number of hydrogen-bond acceptors (Lipinski definition) is 3. The first-order valence-corrected chi connectivity index (χ1v) is 7.06. The Kier molecular flexibility index (Phi) is 4.57. The zero-order valence-corrected chi connectivity index (χ0v) is 12.7. The molecule has 0 aromatic carbocycles. The smallest absolute Gasteiger partial charge is 0.0791 e. The van der Waals surface area contributed by atoms with Gasteiger partial charge in [0.1, 0.15) is 0 Å². The highest BCUT2D eigenvalue weighted by Gasteiger charge is 2.23. The molecule has 0 aliphatic carbocycles. The first-order valence-electron chi connectivity index (χ1n) is 5.38. The lowest BCUT2D eigenvalue weighted by atomic mass is 9.99. The maximum absolute atomic E-state index is 10.3. The molecule has 4 heteroatoms. The molecule has 0 saturated carbocycles. The Hall–Kier alpha value is 0.1000. The molecular formula is C12H20BrNOS. The second-order valence-corrected chi connectivity index (χ2v) is 7.42. The fourth-order valence-corrected chi connectivity index (χ4v) is 2.97. The Balaban J connectivity index is 2.51. The normalized spacial score (nSPS) is 16.1. The van der Waals surface area contributed by atoms with Crippen LogP contribution in [0, 0.1) is 0 Å². The Morgan fingerprint density at radius 1 is 1.38 bits per heavy atom. The lowest BCUT2D eigenvalue weighted by Crippen LogP contribution is -2.47. The van der Waals surface area contributed by atoms with E-state index >= 15 is 0 Å². The van der Waals surface area contributed by atoms with Crippen molar-refractivity contribution in [1.82, 2.24) is 5.32 Å². The first-order chi connectivity index (χ1) is 7.18. The van der Waals surface area contributed by atoms with Crippen LogP contribution < -0.4 is 5.32 Å². The van der Waals surface area contributed by atoms with Gasteiger partial charge in [0.25, 0.3) is 0 Å². The van der Waals surface area contributed by atoms with Crippen molar-refractivity contribution in [1.29, 1.82) is 0 Å². The number of hydrogen-bond donors (Lipinski definition) is 2. The highest BCUT2D eigenvalue weighted by molar-refractivity contribution is 9.10. The molecule has 2 N–H and O–H groups in total. The number of rotatable bonds is 4. The zero-order valence-electron chi connectivity index (χ0n) is 10.3. The SMILES string of the molecule is CC(O)(CNC(C)(C)C)Cc1cc(Br)cs1. The minimum atomic E-state index is -0.697. The van der Waals surface area contributed by atoms with Crippen LogP contribution in [0.2, 0.25) is 0 Å². The van der Waals surface area contributed by atoms with Crippen LogP contribution in [0.25, 0.3) is 0 Å². The summed E-state index contributed by atoms with van der Waals surface area (Å²) >= 11 is 5.10. The van der Waals surface area contributed by atoms with E-state index in [0.717, 1.165) is 4.47 Å². The molecule has 1 heterocycles. The van der Waals surface area contributed by atoms with Crippen LogP contribution in [0.5, 0.6) is 0 Å². The average Bonchev–Trinajstić information content (AvgIpc) is 2.46. The molecule has 16 heavy (non-hydrogen) atoms. The number of β-amino-alcohol motifs (C(OH)–C–C–N with tert-alkyl or cyclic N) is 1. The van der Waals surface area contributed by atoms with E-state index in [1.807, 2.05) is 12.3 Å². The fraction of sp³-hybridized carbons (Fsp3) is 0.667. The monoisotopic (exact) mass is 305 g/mol. The summed E-state index contributed by atoms with van der Waals surface area (Å²) < 4.78 is 1.09. The van der Waals surface area contributed by atoms with Crippen molar-refractivity contribution < 1.29 is 5.11 Å². The van der Waals surface area contributed by atoms with Crippen molar-refractivity contribution in [2.75, 3.05) is 6.54 Å². The zero-order chi connectivity index (χ0) is 12.4. The number of thiophene rings is 1. The topological polar surface area (TPSA) is 32.3 Å². The molecule has 0 fully saturated rings. The summed E-state index contributed by atoms with van der Waals surface area (Å²) in [4.78, 5) is 1.20. The van der Waals surface area contributed by atoms with Crippen molar-refractivity contribution in [3.63, 3.8) is 0 Å². The van der Waals surface area contributed by atoms with E-state index < -0.39 is 5.60 Å². The van der Waals surface area contributed by atoms with Gasteiger partial charge in [-0.15, -0.1) is 11.3 Å². The van der Waals surface area contributed by atoms with Crippen molar-refractivity contribution in [2.45, 2.75) is 45.3 Å². The van der Waals surface area contributed by atoms with Crippen LogP contribution in [0.1, 0.15) is 32.6 Å². The van der Waals surface area contributed by atoms with Gasteiger partial charge in [0.2, 0.25) is 0 Å². The molecule has 0 amide bonds. The Labute approximate surface area is 110 Å². The Morgan fingerprint density at radius 3 is 2.44 bits per heavy atom. The molecule has 92 valence electrons. The first kappa shape index (κ1) is 14.2. The molecule has 0 aliphatic rings. The van der Waals surface area contributed by atoms with Gasteiger partial charge in [0.05, 0.1) is 5.60 Å². The molecular weight excluding hydrogens is 286 g/mol. The van der Waals surface area contributed by atoms with Crippen LogP contribution in [0.4, 0.5) is 0 Å². The Bertz CT molecular complexity index is 341. The van der Waals surface area contributed by atoms with Crippen molar-refractivity contribution in [2.24, 2.45) is 0 Å². The van der Waals surface area contributed by atoms with Crippen molar-refractivity contribution in [3.05, 3.63) is 20.8 Å². The molecule has 1 unspecified atom stereocenters. The van der Waals surface area contributed by atoms with Crippen LogP contribution in [0.3, 0.4) is 0 Å². The van der Waals surface area contributed by atoms with E-state index in [4.69, 9.17) is 0 Å². The third-order valence-corrected chi connectivity index (χ3v) is 3.87. The second kappa shape index (κ2) is 5.17. The maximum Gasteiger partial charge on any atom is 0.0791 e. The minimum Gasteiger partial charge on any atom is -0.388 e. The summed E-state index contributed by atoms with van der Waals surface area (Å²) in [5.41, 5.74) is -0.655. The van der Waals surface area contributed by atoms with Gasteiger partial charge in [0, 0.05) is 33.2 Å². The molecule has 0 spiro atoms. The summed E-state index contributed by atoms with van der Waals surface area (Å²) in [5, 5.41) is 15.6. The van der Waals surface area contributed by atoms with Crippen molar-refractivity contribution in [3.8, 4) is 0 Å². The van der Waals surface area contributed by atoms with Crippen LogP contribution in [0.15, 0.2) is 15.9 Å². The van der Waals surface area contributed by atoms with E-state index in [2.05, 4.69) is 48.1 Å². The summed E-state index contributed by atoms with van der Waals surface area (Å²) in [6.45, 7) is 8.78. The van der Waals surface area contributed by atoms with E-state index in [-0.39, 0.29) is 5.54 Å². The molecule has 1 rings (SSSR count). The van der Waals surface area contributed by atoms with E-state index in [1.54, 1.807) is 11.3 Å². The predicted molar refractivity (Wildman–Crippen MR) is 74.1 cm³/mol. The summed E-state index contributed by atoms with van der Waals surface area (Å²) in [5.74, 6) is 0. The van der Waals surface area contributed by atoms with Gasteiger partial charge >= 0.3 is 0 Å². The van der Waals surface area contributed by atoms with Gasteiger partial charge in [0.15, 0.2) is 0 Å². The molecule has 1 atom stereocenters. The van der Waals surface area contributed by atoms with Crippen LogP contribution in [-0.4, -0.2) is 22.8 Å². The minimum absolute atomic E-state index is 0.0417. The number of nitrogens with one attached hydrogen (secondary N) is 1. The standard InChI is InChI=1S/C12H20BrNOS/c1-11(2,3)14-8-12(4,15)6-10-5-9(13)7-16-10/h5,7,14-15H,6,8H2,1-4H3. The lowest BCUT2D eigenvalue weighted by molar-refractivity contribution is 0.0542. The van der Waals surface area contributed by atoms with Gasteiger partial charge in [-0.3, -0.25) is 0 Å². The van der Waals surface area contributed by atoms with Gasteiger partial charge in [-0.2, -0.15) is 0 Å². The molecule has 2 nitrogen and oxygen atoms in total. The third-order valence-electron chi connectivity index (χ3n) is 2.18. The van der Waals surface area contributed by atoms with Crippen LogP contribution in [-0.2, 0) is 6.42 Å². The largest absolute Gasteiger partial charge is 0.388 e. The Morgan fingerprint density at radius 2 is 2.00 bits per heavy atom. The predicted octanol–water partition coefficient (Wildman–Crippen LogP) is 3.19. The molecule has 0 saturated heterocycles. The summed E-state index contributed by atoms with van der Waals surface area (Å²) in [6, 6.07) is 2.07. The van der Waals surface area contributed by atoms with E-state index in [0.29, 0.717) is 13.0 Å². The fourth-order valence-electron chi connectivity index (χ4n) is 1.34. The van der Waals surface area contributed by atoms with E-state index in [1.165, 1.54) is 4.88 Å². The molecule has 1 aromatic heterocycles. The van der Waals surface area contributed by atoms with Gasteiger partial charge in [-0.1, -0.05) is 0 Å². The summed E-state index contributed by atoms with van der Waals surface area (Å²) in [7, 11) is 0. The molecule has 0 aliphatic heterocycles. The summed E-state index contributed by atoms with van der Waals surface area (Å²) in [6.07, 6.45) is 0.687. The van der Waals surface area contributed by atoms with Crippen LogP contribution >= 0.6 is 27.3 Å². The highest BCUT2D eigenvalue weighted by Crippen LogP contribution is 2.23. The highest BCUT2D eigenvalue weighted by atomic mass is 79.9.